The Morgan fingerprint density at radius 3 is 1.45 bits per heavy atom. The zero-order valence-corrected chi connectivity index (χ0v) is 34.5. The van der Waals surface area contributed by atoms with Gasteiger partial charge in [0.1, 0.15) is 5.75 Å². The first-order valence-electron chi connectivity index (χ1n) is 18.2. The minimum Gasteiger partial charge on any atom is -0.494 e. The molecule has 0 saturated carbocycles. The summed E-state index contributed by atoms with van der Waals surface area (Å²) in [5.74, 6) is 3.08. The number of benzene rings is 1. The summed E-state index contributed by atoms with van der Waals surface area (Å²) in [5, 5.41) is 0. The summed E-state index contributed by atoms with van der Waals surface area (Å²) in [6.45, 7) is 17.5. The van der Waals surface area contributed by atoms with E-state index in [4.69, 9.17) is 33.7 Å². The largest absolute Gasteiger partial charge is 0.494 e. The highest BCUT2D eigenvalue weighted by molar-refractivity contribution is 6.85. The maximum absolute atomic E-state index is 6.42. The van der Waals surface area contributed by atoms with Gasteiger partial charge in [0.05, 0.1) is 25.6 Å². The lowest BCUT2D eigenvalue weighted by atomic mass is 10.1. The van der Waals surface area contributed by atoms with E-state index >= 15 is 0 Å². The highest BCUT2D eigenvalue weighted by atomic mass is 35.5. The zero-order chi connectivity index (χ0) is 34.4. The lowest BCUT2D eigenvalue weighted by Crippen LogP contribution is -2.52. The predicted molar refractivity (Wildman–Crippen MR) is 205 cm³/mol. The van der Waals surface area contributed by atoms with Gasteiger partial charge in [-0.15, -0.1) is 11.6 Å². The molecule has 0 N–H and O–H groups in total. The van der Waals surface area contributed by atoms with Crippen LogP contribution in [-0.2, 0) is 12.7 Å². The maximum Gasteiger partial charge on any atom is 0.322 e. The Bertz CT molecular complexity index is 1070. The van der Waals surface area contributed by atoms with E-state index in [2.05, 4.69) is 55.8 Å². The van der Waals surface area contributed by atoms with Crippen LogP contribution in [0.15, 0.2) is 36.7 Å². The highest BCUT2D eigenvalue weighted by Gasteiger charge is 2.39. The summed E-state index contributed by atoms with van der Waals surface area (Å²) >= 11 is 5.72. The van der Waals surface area contributed by atoms with Crippen molar-refractivity contribution in [1.29, 1.82) is 0 Å². The second kappa shape index (κ2) is 23.2. The minimum absolute atomic E-state index is 0.695. The first kappa shape index (κ1) is 41.9. The van der Waals surface area contributed by atoms with Gasteiger partial charge in [0.2, 0.25) is 0 Å². The fourth-order valence-electron chi connectivity index (χ4n) is 5.66. The summed E-state index contributed by atoms with van der Waals surface area (Å²) in [6.07, 6.45) is 21.7. The van der Waals surface area contributed by atoms with Crippen LogP contribution in [0.2, 0.25) is 45.8 Å². The topological polar surface area (TPSA) is 71.9 Å². The van der Waals surface area contributed by atoms with Crippen molar-refractivity contribution in [3.63, 3.8) is 0 Å². The van der Waals surface area contributed by atoms with Crippen LogP contribution in [0.4, 0.5) is 0 Å². The number of alkyl halides is 1. The quantitative estimate of drug-likeness (QED) is 0.0491. The Kier molecular flexibility index (Phi) is 20.7. The molecule has 0 fully saturated rings. The van der Waals surface area contributed by atoms with E-state index in [-0.39, 0.29) is 0 Å². The van der Waals surface area contributed by atoms with Crippen molar-refractivity contribution < 1.29 is 22.1 Å². The second-order valence-corrected chi connectivity index (χ2v) is 26.5. The van der Waals surface area contributed by atoms with E-state index in [0.717, 1.165) is 61.8 Å². The molecule has 0 saturated heterocycles. The Morgan fingerprint density at radius 1 is 0.511 bits per heavy atom. The summed E-state index contributed by atoms with van der Waals surface area (Å²) in [6, 6.07) is 8.04. The molecule has 0 unspecified atom stereocenters. The van der Waals surface area contributed by atoms with E-state index in [1.807, 2.05) is 24.3 Å². The predicted octanol–water partition coefficient (Wildman–Crippen LogP) is 11.3. The van der Waals surface area contributed by atoms with Gasteiger partial charge in [0.25, 0.3) is 0 Å². The molecule has 47 heavy (non-hydrogen) atoms. The van der Waals surface area contributed by atoms with Crippen molar-refractivity contribution in [3.05, 3.63) is 36.7 Å². The number of rotatable bonds is 28. The van der Waals surface area contributed by atoms with Crippen LogP contribution < -0.4 is 9.47 Å². The Balaban J connectivity index is 1.46. The van der Waals surface area contributed by atoms with Crippen LogP contribution in [0.5, 0.6) is 11.5 Å². The van der Waals surface area contributed by atoms with E-state index in [1.165, 1.54) is 70.6 Å². The molecule has 0 atom stereocenters. The molecule has 2 rings (SSSR count). The number of hydrogen-bond donors (Lipinski definition) is 0. The van der Waals surface area contributed by atoms with Crippen LogP contribution in [0.25, 0.3) is 11.4 Å². The van der Waals surface area contributed by atoms with Gasteiger partial charge >= 0.3 is 17.1 Å². The lowest BCUT2D eigenvalue weighted by Gasteiger charge is -2.36. The molecule has 1 aromatic heterocycles. The third-order valence-electron chi connectivity index (χ3n) is 7.59. The summed E-state index contributed by atoms with van der Waals surface area (Å²) in [4.78, 5) is 8.98. The van der Waals surface area contributed by atoms with E-state index in [0.29, 0.717) is 12.4 Å². The normalized spacial score (nSPS) is 12.4. The second-order valence-electron chi connectivity index (χ2n) is 14.4. The zero-order valence-electron chi connectivity index (χ0n) is 30.7. The molecule has 1 heterocycles. The first-order valence-corrected chi connectivity index (χ1v) is 27.8. The monoisotopic (exact) mass is 724 g/mol. The van der Waals surface area contributed by atoms with Gasteiger partial charge in [-0.05, 0) is 95.8 Å². The van der Waals surface area contributed by atoms with Crippen molar-refractivity contribution in [2.45, 2.75) is 142 Å². The summed E-state index contributed by atoms with van der Waals surface area (Å²) in [5.41, 5.74) is 0.974. The SMILES string of the molecule is C[Si](C)(C)O[Si](C)(C)O[Si](C)(C)OCCCCCCCCCCCOc1ccc(-c2ncc(OCCCCCCCCCl)cn2)cc1. The molecule has 2 aromatic rings. The van der Waals surface area contributed by atoms with Crippen molar-refractivity contribution in [2.24, 2.45) is 0 Å². The molecule has 0 spiro atoms. The standard InChI is InChI=1S/C36H65ClN2O5Si3/c1-45(2,3)43-47(6,7)44-46(4,5)42-30-22-18-13-10-8-9-12-16-20-28-40-34-25-23-33(24-26-34)36-38-31-35(32-39-36)41-29-21-17-14-11-15-19-27-37/h23-26,31-32H,8-22,27-30H2,1-7H3. The van der Waals surface area contributed by atoms with Crippen LogP contribution in [0.1, 0.15) is 96.3 Å². The molecule has 0 amide bonds. The van der Waals surface area contributed by atoms with Crippen molar-refractivity contribution >= 4 is 37.0 Å². The van der Waals surface area contributed by atoms with Crippen molar-refractivity contribution in [3.8, 4) is 22.9 Å². The first-order chi connectivity index (χ1) is 22.4. The maximum atomic E-state index is 6.42. The smallest absolute Gasteiger partial charge is 0.322 e. The third kappa shape index (κ3) is 21.4. The molecular formula is C36H65ClN2O5Si3. The Labute approximate surface area is 295 Å². The van der Waals surface area contributed by atoms with Gasteiger partial charge in [-0.2, -0.15) is 0 Å². The van der Waals surface area contributed by atoms with Gasteiger partial charge in [-0.3, -0.25) is 0 Å². The van der Waals surface area contributed by atoms with Crippen molar-refractivity contribution in [1.82, 2.24) is 9.97 Å². The van der Waals surface area contributed by atoms with E-state index in [9.17, 15) is 0 Å². The van der Waals surface area contributed by atoms with Gasteiger partial charge < -0.3 is 22.1 Å². The van der Waals surface area contributed by atoms with Gasteiger partial charge in [-0.1, -0.05) is 70.6 Å². The van der Waals surface area contributed by atoms with Gasteiger partial charge in [0, 0.05) is 18.1 Å². The van der Waals surface area contributed by atoms with Crippen molar-refractivity contribution in [2.75, 3.05) is 25.7 Å². The number of hydrogen-bond acceptors (Lipinski definition) is 7. The number of unbranched alkanes of at least 4 members (excludes halogenated alkanes) is 13. The number of aromatic nitrogens is 2. The molecule has 0 bridgehead atoms. The van der Waals surface area contributed by atoms with Crippen LogP contribution in [-0.4, -0.2) is 61.1 Å². The summed E-state index contributed by atoms with van der Waals surface area (Å²) in [7, 11) is -5.89. The molecule has 0 aliphatic heterocycles. The molecular weight excluding hydrogens is 660 g/mol. The fourth-order valence-corrected chi connectivity index (χ4v) is 17.9. The van der Waals surface area contributed by atoms with Gasteiger partial charge in [-0.25, -0.2) is 9.97 Å². The van der Waals surface area contributed by atoms with Crippen LogP contribution in [0, 0.1) is 0 Å². The minimum atomic E-state index is -2.15. The molecule has 0 aliphatic carbocycles. The molecule has 268 valence electrons. The summed E-state index contributed by atoms with van der Waals surface area (Å²) < 4.78 is 30.7. The molecule has 0 radical (unpaired) electrons. The number of halogens is 1. The van der Waals surface area contributed by atoms with Gasteiger partial charge in [0.15, 0.2) is 19.9 Å². The Hall–Kier alpha value is -1.28. The molecule has 7 nitrogen and oxygen atoms in total. The van der Waals surface area contributed by atoms with Crippen LogP contribution >= 0.6 is 11.6 Å². The molecule has 0 aliphatic rings. The average Bonchev–Trinajstić information content (AvgIpc) is 2.99. The number of ether oxygens (including phenoxy) is 2. The molecule has 11 heteroatoms. The Morgan fingerprint density at radius 2 is 0.957 bits per heavy atom. The van der Waals surface area contributed by atoms with Crippen LogP contribution in [0.3, 0.4) is 0 Å². The fraction of sp³-hybridized carbons (Fsp3) is 0.722. The molecule has 1 aromatic carbocycles. The third-order valence-corrected chi connectivity index (χ3v) is 17.1. The lowest BCUT2D eigenvalue weighted by molar-refractivity contribution is 0.224. The van der Waals surface area contributed by atoms with E-state index < -0.39 is 25.4 Å². The number of nitrogens with zero attached hydrogens (tertiary/aromatic N) is 2. The van der Waals surface area contributed by atoms with E-state index in [1.54, 1.807) is 12.4 Å². The average molecular weight is 726 g/mol. The highest BCUT2D eigenvalue weighted by Crippen LogP contribution is 2.23.